The van der Waals surface area contributed by atoms with Crippen LogP contribution in [0.5, 0.6) is 0 Å². The van der Waals surface area contributed by atoms with Gasteiger partial charge in [0.2, 0.25) is 5.95 Å². The van der Waals surface area contributed by atoms with Gasteiger partial charge < -0.3 is 4.42 Å². The number of para-hydroxylation sites is 2. The van der Waals surface area contributed by atoms with Gasteiger partial charge in [-0.25, -0.2) is 15.0 Å². The second-order valence-electron chi connectivity index (χ2n) is 12.6. The van der Waals surface area contributed by atoms with Crippen molar-refractivity contribution in [1.82, 2.24) is 19.5 Å². The number of nitrogens with zero attached hydrogens (tertiary/aromatic N) is 4. The van der Waals surface area contributed by atoms with Gasteiger partial charge in [-0.15, -0.1) is 0 Å². The lowest BCUT2D eigenvalue weighted by Gasteiger charge is -2.11. The van der Waals surface area contributed by atoms with Crippen molar-refractivity contribution in [2.45, 2.75) is 6.92 Å². The minimum atomic E-state index is 0.566. The van der Waals surface area contributed by atoms with Crippen LogP contribution >= 0.6 is 0 Å². The molecule has 9 rings (SSSR count). The van der Waals surface area contributed by atoms with Crippen LogP contribution in [-0.2, 0) is 0 Å². The summed E-state index contributed by atoms with van der Waals surface area (Å²) in [6.07, 6.45) is 7.85. The molecule has 0 aliphatic heterocycles. The second kappa shape index (κ2) is 12.6. The summed E-state index contributed by atoms with van der Waals surface area (Å²) in [7, 11) is 0. The number of pyridine rings is 1. The first kappa shape index (κ1) is 30.2. The quantitative estimate of drug-likeness (QED) is 0.171. The van der Waals surface area contributed by atoms with Crippen molar-refractivity contribution in [3.8, 4) is 39.6 Å². The van der Waals surface area contributed by atoms with Gasteiger partial charge in [-0.05, 0) is 77.7 Å². The minimum absolute atomic E-state index is 0.566. The van der Waals surface area contributed by atoms with Crippen molar-refractivity contribution in [3.63, 3.8) is 0 Å². The molecule has 51 heavy (non-hydrogen) atoms. The molecule has 4 heterocycles. The lowest BCUT2D eigenvalue weighted by molar-refractivity contribution is 0.669. The molecule has 0 saturated carbocycles. The molecule has 5 nitrogen and oxygen atoms in total. The summed E-state index contributed by atoms with van der Waals surface area (Å²) in [4.78, 5) is 14.9. The van der Waals surface area contributed by atoms with Gasteiger partial charge in [0.25, 0.3) is 0 Å². The Morgan fingerprint density at radius 2 is 1.24 bits per heavy atom. The van der Waals surface area contributed by atoms with Gasteiger partial charge in [0.05, 0.1) is 22.6 Å². The van der Waals surface area contributed by atoms with Crippen LogP contribution in [0.25, 0.3) is 90.2 Å². The Hall–Kier alpha value is -6.85. The summed E-state index contributed by atoms with van der Waals surface area (Å²) >= 11 is 0. The average molecular weight is 657 g/mol. The molecular weight excluding hydrogens is 625 g/mol. The summed E-state index contributed by atoms with van der Waals surface area (Å²) < 4.78 is 8.17. The zero-order valence-corrected chi connectivity index (χ0v) is 28.0. The Morgan fingerprint density at radius 3 is 1.98 bits per heavy atom. The maximum absolute atomic E-state index is 6.09. The van der Waals surface area contributed by atoms with E-state index in [0.717, 1.165) is 88.9 Å². The molecule has 0 saturated heterocycles. The molecule has 0 aliphatic rings. The minimum Gasteiger partial charge on any atom is -0.456 e. The van der Waals surface area contributed by atoms with E-state index in [1.165, 1.54) is 0 Å². The van der Waals surface area contributed by atoms with Crippen LogP contribution in [-0.4, -0.2) is 19.5 Å². The summed E-state index contributed by atoms with van der Waals surface area (Å²) in [6, 6.07) is 47.8. The molecule has 0 spiro atoms. The van der Waals surface area contributed by atoms with Crippen molar-refractivity contribution < 1.29 is 4.42 Å². The van der Waals surface area contributed by atoms with Crippen molar-refractivity contribution in [3.05, 3.63) is 175 Å². The fourth-order valence-electron chi connectivity index (χ4n) is 6.93. The Kier molecular flexibility index (Phi) is 7.44. The first-order chi connectivity index (χ1) is 25.1. The summed E-state index contributed by atoms with van der Waals surface area (Å²) in [5.74, 6) is 0.566. The third-order valence-electron chi connectivity index (χ3n) is 9.47. The molecule has 5 aromatic carbocycles. The van der Waals surface area contributed by atoms with E-state index < -0.39 is 0 Å². The van der Waals surface area contributed by atoms with E-state index in [0.29, 0.717) is 5.95 Å². The van der Waals surface area contributed by atoms with Crippen molar-refractivity contribution in [1.29, 1.82) is 0 Å². The van der Waals surface area contributed by atoms with E-state index in [4.69, 9.17) is 19.4 Å². The molecule has 242 valence electrons. The highest BCUT2D eigenvalue weighted by Gasteiger charge is 2.18. The molecule has 9 aromatic rings. The third-order valence-corrected chi connectivity index (χ3v) is 9.47. The highest BCUT2D eigenvalue weighted by atomic mass is 16.3. The molecule has 0 amide bonds. The first-order valence-electron chi connectivity index (χ1n) is 17.0. The second-order valence-corrected chi connectivity index (χ2v) is 12.6. The van der Waals surface area contributed by atoms with Gasteiger partial charge >= 0.3 is 0 Å². The monoisotopic (exact) mass is 656 g/mol. The van der Waals surface area contributed by atoms with E-state index in [-0.39, 0.29) is 0 Å². The molecule has 0 aliphatic carbocycles. The standard InChI is InChI=1S/C46H32N4O/c1-3-42-38(24-30(2)33-22-23-45-39(25-33)37-19-11-13-21-44(37)51-45)36-18-10-12-20-43(36)50(42)46-47-28-35(29-48-46)41-27-34(31-14-6-4-7-15-31)26-40(49-41)32-16-8-5-9-17-32/h3-29H,1H2,2H3/b30-24+. The smallest absolute Gasteiger partial charge is 0.234 e. The maximum Gasteiger partial charge on any atom is 0.234 e. The average Bonchev–Trinajstić information content (AvgIpc) is 3.73. The number of hydrogen-bond donors (Lipinski definition) is 0. The third kappa shape index (κ3) is 5.42. The number of hydrogen-bond acceptors (Lipinski definition) is 4. The molecule has 0 bridgehead atoms. The largest absolute Gasteiger partial charge is 0.456 e. The lowest BCUT2D eigenvalue weighted by Crippen LogP contribution is -2.03. The maximum atomic E-state index is 6.09. The van der Waals surface area contributed by atoms with E-state index in [2.05, 4.69) is 115 Å². The summed E-state index contributed by atoms with van der Waals surface area (Å²) in [5.41, 5.74) is 12.8. The zero-order valence-electron chi connectivity index (χ0n) is 28.0. The van der Waals surface area contributed by atoms with Crippen LogP contribution in [0.3, 0.4) is 0 Å². The van der Waals surface area contributed by atoms with E-state index in [1.807, 2.05) is 67.0 Å². The number of rotatable bonds is 7. The molecule has 0 fully saturated rings. The van der Waals surface area contributed by atoms with Gasteiger partial charge in [0.1, 0.15) is 11.2 Å². The van der Waals surface area contributed by atoms with Crippen LogP contribution < -0.4 is 0 Å². The fourth-order valence-corrected chi connectivity index (χ4v) is 6.93. The highest BCUT2D eigenvalue weighted by Crippen LogP contribution is 2.36. The number of furan rings is 1. The summed E-state index contributed by atoms with van der Waals surface area (Å²) in [6.45, 7) is 6.38. The Labute approximate surface area is 295 Å². The number of fused-ring (bicyclic) bond motifs is 4. The SMILES string of the molecule is C=Cc1c(/C=C(\C)c2ccc3oc4ccccc4c3c2)c2ccccc2n1-c1ncc(-c2cc(-c3ccccc3)cc(-c3ccccc3)n2)cn1. The Bertz CT molecular complexity index is 2700. The molecule has 0 unspecified atom stereocenters. The van der Waals surface area contributed by atoms with Crippen LogP contribution in [0.15, 0.2) is 163 Å². The predicted octanol–water partition coefficient (Wildman–Crippen LogP) is 11.9. The van der Waals surface area contributed by atoms with Crippen molar-refractivity contribution >= 4 is 50.6 Å². The fraction of sp³-hybridized carbons (Fsp3) is 0.0217. The normalized spacial score (nSPS) is 11.8. The molecule has 0 radical (unpaired) electrons. The van der Waals surface area contributed by atoms with Crippen molar-refractivity contribution in [2.24, 2.45) is 0 Å². The van der Waals surface area contributed by atoms with Crippen molar-refractivity contribution in [2.75, 3.05) is 0 Å². The van der Waals surface area contributed by atoms with Crippen LogP contribution in [0.4, 0.5) is 0 Å². The van der Waals surface area contributed by atoms with Crippen LogP contribution in [0.1, 0.15) is 23.7 Å². The lowest BCUT2D eigenvalue weighted by atomic mass is 10.0. The molecule has 5 heteroatoms. The van der Waals surface area contributed by atoms with E-state index >= 15 is 0 Å². The molecule has 4 aromatic heterocycles. The Balaban J connectivity index is 1.13. The number of benzene rings is 5. The first-order valence-corrected chi connectivity index (χ1v) is 17.0. The van der Waals surface area contributed by atoms with E-state index in [9.17, 15) is 0 Å². The molecular formula is C46H32N4O. The van der Waals surface area contributed by atoms with Gasteiger partial charge in [0.15, 0.2) is 0 Å². The molecule has 0 atom stereocenters. The number of allylic oxidation sites excluding steroid dienone is 1. The Morgan fingerprint density at radius 1 is 0.608 bits per heavy atom. The van der Waals surface area contributed by atoms with Crippen LogP contribution in [0, 0.1) is 0 Å². The predicted molar refractivity (Wildman–Crippen MR) is 210 cm³/mol. The van der Waals surface area contributed by atoms with Crippen LogP contribution in [0.2, 0.25) is 0 Å². The van der Waals surface area contributed by atoms with Gasteiger partial charge in [0, 0.05) is 45.2 Å². The van der Waals surface area contributed by atoms with E-state index in [1.54, 1.807) is 0 Å². The van der Waals surface area contributed by atoms with Gasteiger partial charge in [-0.3, -0.25) is 4.57 Å². The van der Waals surface area contributed by atoms with Gasteiger partial charge in [-0.1, -0.05) is 110 Å². The topological polar surface area (TPSA) is 56.7 Å². The van der Waals surface area contributed by atoms with Gasteiger partial charge in [-0.2, -0.15) is 0 Å². The zero-order chi connectivity index (χ0) is 34.3. The summed E-state index contributed by atoms with van der Waals surface area (Å²) in [5, 5.41) is 3.32. The number of aromatic nitrogens is 4. The molecule has 0 N–H and O–H groups in total. The highest BCUT2D eigenvalue weighted by molar-refractivity contribution is 6.06.